The molecule has 7 nitrogen and oxygen atoms in total. The Balaban J connectivity index is 2.09. The molecule has 1 unspecified atom stereocenters. The lowest BCUT2D eigenvalue weighted by Gasteiger charge is -2.16. The fourth-order valence-electron chi connectivity index (χ4n) is 1.98. The van der Waals surface area contributed by atoms with Crippen molar-refractivity contribution in [2.75, 3.05) is 23.7 Å². The van der Waals surface area contributed by atoms with Gasteiger partial charge in [0.2, 0.25) is 5.95 Å². The van der Waals surface area contributed by atoms with Gasteiger partial charge in [0.25, 0.3) is 0 Å². The molecule has 7 heteroatoms. The summed E-state index contributed by atoms with van der Waals surface area (Å²) in [5.74, 6) is 0.956. The normalized spacial score (nSPS) is 20.8. The molecule has 3 rings (SSSR count). The summed E-state index contributed by atoms with van der Waals surface area (Å²) in [6.45, 7) is 1.36. The van der Waals surface area contributed by atoms with Crippen LogP contribution in [0.1, 0.15) is 6.42 Å². The minimum Gasteiger partial charge on any atom is -0.391 e. The predicted octanol–water partition coefficient (Wildman–Crippen LogP) is -0.723. The molecular formula is C9H12N6O. The number of hydrogen-bond donors (Lipinski definition) is 2. The maximum absolute atomic E-state index is 9.50. The van der Waals surface area contributed by atoms with E-state index in [0.29, 0.717) is 12.2 Å². The number of aromatic nitrogens is 4. The number of β-amino-alcohol motifs (C(OH)–C–C–N with tert-alkyl or cyclic N) is 1. The summed E-state index contributed by atoms with van der Waals surface area (Å²) in [5, 5.41) is 13.5. The maximum atomic E-state index is 9.50. The summed E-state index contributed by atoms with van der Waals surface area (Å²) < 4.78 is 1.60. The van der Waals surface area contributed by atoms with Crippen LogP contribution in [0.25, 0.3) is 5.65 Å². The van der Waals surface area contributed by atoms with E-state index < -0.39 is 0 Å². The lowest BCUT2D eigenvalue weighted by molar-refractivity contribution is 0.198. The van der Waals surface area contributed by atoms with Gasteiger partial charge in [0, 0.05) is 25.5 Å². The Kier molecular flexibility index (Phi) is 1.93. The highest BCUT2D eigenvalue weighted by Crippen LogP contribution is 2.21. The molecule has 3 N–H and O–H groups in total. The fourth-order valence-corrected chi connectivity index (χ4v) is 1.98. The first-order valence-corrected chi connectivity index (χ1v) is 5.14. The van der Waals surface area contributed by atoms with E-state index in [9.17, 15) is 5.11 Å². The third-order valence-electron chi connectivity index (χ3n) is 2.72. The number of nitrogens with two attached hydrogens (primary N) is 1. The summed E-state index contributed by atoms with van der Waals surface area (Å²) in [6.07, 6.45) is 3.82. The van der Waals surface area contributed by atoms with Crippen molar-refractivity contribution in [3.8, 4) is 0 Å². The van der Waals surface area contributed by atoms with E-state index >= 15 is 0 Å². The van der Waals surface area contributed by atoms with Crippen LogP contribution in [-0.4, -0.2) is 43.9 Å². The van der Waals surface area contributed by atoms with Crippen LogP contribution in [0.2, 0.25) is 0 Å². The molecule has 0 spiro atoms. The molecule has 2 aromatic rings. The third-order valence-corrected chi connectivity index (χ3v) is 2.72. The third kappa shape index (κ3) is 1.36. The average molecular weight is 220 g/mol. The molecule has 1 saturated heterocycles. The molecule has 84 valence electrons. The maximum Gasteiger partial charge on any atom is 0.240 e. The summed E-state index contributed by atoms with van der Waals surface area (Å²) in [4.78, 5) is 10.4. The van der Waals surface area contributed by atoms with Crippen molar-refractivity contribution in [2.45, 2.75) is 12.5 Å². The number of anilines is 2. The van der Waals surface area contributed by atoms with Crippen LogP contribution in [-0.2, 0) is 0 Å². The van der Waals surface area contributed by atoms with E-state index in [1.165, 1.54) is 0 Å². The van der Waals surface area contributed by atoms with Crippen LogP contribution in [0, 0.1) is 0 Å². The van der Waals surface area contributed by atoms with Gasteiger partial charge in [0.1, 0.15) is 0 Å². The first-order chi connectivity index (χ1) is 7.74. The lowest BCUT2D eigenvalue weighted by atomic mass is 10.3. The van der Waals surface area contributed by atoms with Gasteiger partial charge in [-0.25, -0.2) is 9.50 Å². The molecule has 3 heterocycles. The highest BCUT2D eigenvalue weighted by molar-refractivity contribution is 5.65. The predicted molar refractivity (Wildman–Crippen MR) is 58.0 cm³/mol. The van der Waals surface area contributed by atoms with Gasteiger partial charge in [0.15, 0.2) is 11.5 Å². The number of nitrogens with zero attached hydrogens (tertiary/aromatic N) is 5. The quantitative estimate of drug-likeness (QED) is 0.658. The first kappa shape index (κ1) is 9.34. The molecule has 0 aliphatic carbocycles. The van der Waals surface area contributed by atoms with Crippen molar-refractivity contribution in [1.82, 2.24) is 19.6 Å². The SMILES string of the molecule is Nc1nc2c(N3CCC(O)C3)nccn2n1. The monoisotopic (exact) mass is 220 g/mol. The molecule has 0 radical (unpaired) electrons. The van der Waals surface area contributed by atoms with Crippen LogP contribution < -0.4 is 10.6 Å². The van der Waals surface area contributed by atoms with Gasteiger partial charge in [-0.15, -0.1) is 5.10 Å². The van der Waals surface area contributed by atoms with Gasteiger partial charge < -0.3 is 15.7 Å². The van der Waals surface area contributed by atoms with Crippen LogP contribution >= 0.6 is 0 Å². The molecule has 1 aliphatic rings. The average Bonchev–Trinajstić information content (AvgIpc) is 2.82. The molecule has 0 bridgehead atoms. The van der Waals surface area contributed by atoms with Crippen LogP contribution in [0.4, 0.5) is 11.8 Å². The van der Waals surface area contributed by atoms with E-state index in [-0.39, 0.29) is 12.1 Å². The van der Waals surface area contributed by atoms with Gasteiger partial charge in [-0.2, -0.15) is 4.98 Å². The number of hydrogen-bond acceptors (Lipinski definition) is 6. The molecule has 1 atom stereocenters. The van der Waals surface area contributed by atoms with E-state index in [4.69, 9.17) is 5.73 Å². The van der Waals surface area contributed by atoms with Crippen molar-refractivity contribution in [3.63, 3.8) is 0 Å². The highest BCUT2D eigenvalue weighted by atomic mass is 16.3. The Labute approximate surface area is 91.5 Å². The molecule has 2 aromatic heterocycles. The fraction of sp³-hybridized carbons (Fsp3) is 0.444. The lowest BCUT2D eigenvalue weighted by Crippen LogP contribution is -2.23. The van der Waals surface area contributed by atoms with E-state index in [1.54, 1.807) is 16.9 Å². The standard InChI is InChI=1S/C9H12N6O/c10-9-12-8-7(11-2-4-15(8)13-9)14-3-1-6(16)5-14/h2,4,6,16H,1,3,5H2,(H2,10,13). The second-order valence-electron chi connectivity index (χ2n) is 3.88. The molecule has 0 amide bonds. The van der Waals surface area contributed by atoms with Gasteiger partial charge in [0.05, 0.1) is 6.10 Å². The highest BCUT2D eigenvalue weighted by Gasteiger charge is 2.23. The zero-order valence-electron chi connectivity index (χ0n) is 8.61. The van der Waals surface area contributed by atoms with Crippen molar-refractivity contribution in [1.29, 1.82) is 0 Å². The number of rotatable bonds is 1. The Bertz CT molecular complexity index is 524. The van der Waals surface area contributed by atoms with Crippen LogP contribution in [0.15, 0.2) is 12.4 Å². The minimum atomic E-state index is -0.290. The number of fused-ring (bicyclic) bond motifs is 1. The summed E-state index contributed by atoms with van der Waals surface area (Å²) in [6, 6.07) is 0. The molecule has 1 aliphatic heterocycles. The second-order valence-corrected chi connectivity index (χ2v) is 3.88. The van der Waals surface area contributed by atoms with Crippen LogP contribution in [0.3, 0.4) is 0 Å². The topological polar surface area (TPSA) is 92.6 Å². The summed E-state index contributed by atoms with van der Waals surface area (Å²) >= 11 is 0. The molecule has 1 fully saturated rings. The molecule has 0 saturated carbocycles. The van der Waals surface area contributed by atoms with Crippen molar-refractivity contribution in [2.24, 2.45) is 0 Å². The van der Waals surface area contributed by atoms with Crippen molar-refractivity contribution in [3.05, 3.63) is 12.4 Å². The Morgan fingerprint density at radius 1 is 1.50 bits per heavy atom. The zero-order valence-corrected chi connectivity index (χ0v) is 8.61. The number of aliphatic hydroxyl groups is 1. The van der Waals surface area contributed by atoms with E-state index in [1.807, 2.05) is 4.90 Å². The van der Waals surface area contributed by atoms with Crippen molar-refractivity contribution < 1.29 is 5.11 Å². The first-order valence-electron chi connectivity index (χ1n) is 5.14. The Hall–Kier alpha value is -1.89. The van der Waals surface area contributed by atoms with E-state index in [2.05, 4.69) is 15.1 Å². The van der Waals surface area contributed by atoms with Gasteiger partial charge in [-0.05, 0) is 6.42 Å². The smallest absolute Gasteiger partial charge is 0.240 e. The molecular weight excluding hydrogens is 208 g/mol. The summed E-state index contributed by atoms with van der Waals surface area (Å²) in [5.41, 5.74) is 6.18. The Morgan fingerprint density at radius 2 is 2.38 bits per heavy atom. The van der Waals surface area contributed by atoms with Crippen molar-refractivity contribution >= 4 is 17.4 Å². The summed E-state index contributed by atoms with van der Waals surface area (Å²) in [7, 11) is 0. The van der Waals surface area contributed by atoms with Gasteiger partial charge >= 0.3 is 0 Å². The van der Waals surface area contributed by atoms with E-state index in [0.717, 1.165) is 18.8 Å². The van der Waals surface area contributed by atoms with Gasteiger partial charge in [-0.3, -0.25) is 0 Å². The van der Waals surface area contributed by atoms with Crippen LogP contribution in [0.5, 0.6) is 0 Å². The zero-order chi connectivity index (χ0) is 11.1. The van der Waals surface area contributed by atoms with Gasteiger partial charge in [-0.1, -0.05) is 0 Å². The number of nitrogen functional groups attached to an aromatic ring is 1. The molecule has 16 heavy (non-hydrogen) atoms. The number of aliphatic hydroxyl groups excluding tert-OH is 1. The molecule has 0 aromatic carbocycles. The Morgan fingerprint density at radius 3 is 3.12 bits per heavy atom. The largest absolute Gasteiger partial charge is 0.391 e. The minimum absolute atomic E-state index is 0.231. The second kappa shape index (κ2) is 3.31.